The second kappa shape index (κ2) is 4.80. The molecule has 1 saturated carbocycles. The summed E-state index contributed by atoms with van der Waals surface area (Å²) in [4.78, 5) is 26.0. The molecule has 0 unspecified atom stereocenters. The molecule has 0 bridgehead atoms. The second-order valence-corrected chi connectivity index (χ2v) is 6.82. The van der Waals surface area contributed by atoms with E-state index in [1.54, 1.807) is 6.92 Å². The van der Waals surface area contributed by atoms with Crippen molar-refractivity contribution in [2.45, 2.75) is 52.9 Å². The molecule has 0 aromatic carbocycles. The minimum absolute atomic E-state index is 0.148. The Kier molecular flexibility index (Phi) is 3.63. The molecule has 2 aliphatic rings. The van der Waals surface area contributed by atoms with Gasteiger partial charge in [0.1, 0.15) is 0 Å². The molecule has 1 amide bonds. The largest absolute Gasteiger partial charge is 0.550 e. The lowest BCUT2D eigenvalue weighted by Crippen LogP contribution is -2.51. The highest BCUT2D eigenvalue weighted by Gasteiger charge is 2.55. The van der Waals surface area contributed by atoms with Crippen molar-refractivity contribution in [3.8, 4) is 0 Å². The maximum atomic E-state index is 12.6. The van der Waals surface area contributed by atoms with Crippen LogP contribution in [0.5, 0.6) is 0 Å². The number of rotatable bonds is 2. The fourth-order valence-electron chi connectivity index (χ4n) is 3.63. The predicted molar refractivity (Wildman–Crippen MR) is 70.1 cm³/mol. The molecular formula is C15H24NO3-. The molecule has 2 fully saturated rings. The molecule has 2 atom stereocenters. The van der Waals surface area contributed by atoms with Crippen LogP contribution in [0.3, 0.4) is 0 Å². The van der Waals surface area contributed by atoms with Gasteiger partial charge in [-0.25, -0.2) is 0 Å². The van der Waals surface area contributed by atoms with E-state index in [0.29, 0.717) is 12.8 Å². The lowest BCUT2D eigenvalue weighted by molar-refractivity contribution is -0.323. The monoisotopic (exact) mass is 266 g/mol. The van der Waals surface area contributed by atoms with Crippen LogP contribution in [0.1, 0.15) is 52.9 Å². The summed E-state index contributed by atoms with van der Waals surface area (Å²) in [6.45, 7) is 7.19. The molecule has 4 nitrogen and oxygen atoms in total. The standard InChI is InChI=1S/C15H25NO3/c1-14(2)11(7-8-15(14,3)13(18)19)12(17)16-9-5-4-6-10-16/h11H,4-10H2,1-3H3,(H,18,19)/p-1/t11-,15-/m0/s1. The number of likely N-dealkylation sites (tertiary alicyclic amines) is 1. The summed E-state index contributed by atoms with van der Waals surface area (Å²) in [5, 5.41) is 11.4. The third-order valence-electron chi connectivity index (χ3n) is 5.64. The molecule has 108 valence electrons. The van der Waals surface area contributed by atoms with Crippen molar-refractivity contribution in [3.05, 3.63) is 0 Å². The number of piperidine rings is 1. The van der Waals surface area contributed by atoms with Crippen LogP contribution in [0, 0.1) is 16.7 Å². The number of carboxylic acids is 1. The van der Waals surface area contributed by atoms with Crippen molar-refractivity contribution in [2.75, 3.05) is 13.1 Å². The van der Waals surface area contributed by atoms with Gasteiger partial charge < -0.3 is 14.8 Å². The average Bonchev–Trinajstić information content (AvgIpc) is 2.62. The Morgan fingerprint density at radius 2 is 1.68 bits per heavy atom. The minimum Gasteiger partial charge on any atom is -0.550 e. The molecule has 19 heavy (non-hydrogen) atoms. The van der Waals surface area contributed by atoms with Gasteiger partial charge >= 0.3 is 0 Å². The third kappa shape index (κ3) is 2.15. The first-order chi connectivity index (χ1) is 8.80. The summed E-state index contributed by atoms with van der Waals surface area (Å²) in [5.74, 6) is -1.06. The van der Waals surface area contributed by atoms with Crippen molar-refractivity contribution in [2.24, 2.45) is 16.7 Å². The molecule has 0 spiro atoms. The van der Waals surface area contributed by atoms with E-state index in [-0.39, 0.29) is 11.8 Å². The van der Waals surface area contributed by atoms with E-state index >= 15 is 0 Å². The summed E-state index contributed by atoms with van der Waals surface area (Å²) in [6.07, 6.45) is 4.52. The summed E-state index contributed by atoms with van der Waals surface area (Å²) in [5.41, 5.74) is -1.44. The Bertz CT molecular complexity index is 385. The zero-order valence-electron chi connectivity index (χ0n) is 12.2. The number of carboxylic acid groups (broad SMARTS) is 1. The lowest BCUT2D eigenvalue weighted by atomic mass is 9.65. The van der Waals surface area contributed by atoms with E-state index in [2.05, 4.69) is 0 Å². The molecule has 0 aromatic heterocycles. The van der Waals surface area contributed by atoms with E-state index in [9.17, 15) is 14.7 Å². The molecule has 4 heteroatoms. The van der Waals surface area contributed by atoms with E-state index in [0.717, 1.165) is 25.9 Å². The van der Waals surface area contributed by atoms with Crippen molar-refractivity contribution >= 4 is 11.9 Å². The van der Waals surface area contributed by atoms with Gasteiger partial charge in [0, 0.05) is 30.4 Å². The van der Waals surface area contributed by atoms with Crippen LogP contribution < -0.4 is 5.11 Å². The van der Waals surface area contributed by atoms with Gasteiger partial charge in [-0.1, -0.05) is 20.8 Å². The van der Waals surface area contributed by atoms with Gasteiger partial charge in [0.05, 0.1) is 0 Å². The van der Waals surface area contributed by atoms with Crippen LogP contribution in [0.4, 0.5) is 0 Å². The maximum absolute atomic E-state index is 12.6. The summed E-state index contributed by atoms with van der Waals surface area (Å²) in [7, 11) is 0. The van der Waals surface area contributed by atoms with E-state index in [4.69, 9.17) is 0 Å². The highest BCUT2D eigenvalue weighted by atomic mass is 16.4. The van der Waals surface area contributed by atoms with Crippen LogP contribution in [0.15, 0.2) is 0 Å². The number of carbonyl (C=O) groups is 2. The summed E-state index contributed by atoms with van der Waals surface area (Å²) in [6, 6.07) is 0. The number of nitrogens with zero attached hydrogens (tertiary/aromatic N) is 1. The van der Waals surface area contributed by atoms with Gasteiger partial charge in [-0.3, -0.25) is 4.79 Å². The molecule has 2 rings (SSSR count). The highest BCUT2D eigenvalue weighted by molar-refractivity contribution is 5.83. The number of hydrogen-bond donors (Lipinski definition) is 0. The molecule has 1 saturated heterocycles. The topological polar surface area (TPSA) is 60.4 Å². The van der Waals surface area contributed by atoms with Crippen molar-refractivity contribution in [3.63, 3.8) is 0 Å². The van der Waals surface area contributed by atoms with Crippen molar-refractivity contribution in [1.82, 2.24) is 4.90 Å². The van der Waals surface area contributed by atoms with Gasteiger partial charge in [0.2, 0.25) is 5.91 Å². The number of hydrogen-bond acceptors (Lipinski definition) is 3. The number of amides is 1. The van der Waals surface area contributed by atoms with Gasteiger partial charge in [-0.15, -0.1) is 0 Å². The summed E-state index contributed by atoms with van der Waals surface area (Å²) < 4.78 is 0. The van der Waals surface area contributed by atoms with Crippen LogP contribution in [-0.2, 0) is 9.59 Å². The third-order valence-corrected chi connectivity index (χ3v) is 5.64. The Labute approximate surface area is 115 Å². The van der Waals surface area contributed by atoms with Crippen LogP contribution in [-0.4, -0.2) is 29.9 Å². The van der Waals surface area contributed by atoms with E-state index < -0.39 is 16.8 Å². The van der Waals surface area contributed by atoms with Crippen LogP contribution >= 0.6 is 0 Å². The van der Waals surface area contributed by atoms with Crippen LogP contribution in [0.25, 0.3) is 0 Å². The van der Waals surface area contributed by atoms with Gasteiger partial charge in [0.15, 0.2) is 0 Å². The maximum Gasteiger partial charge on any atom is 0.226 e. The fourth-order valence-corrected chi connectivity index (χ4v) is 3.63. The quantitative estimate of drug-likeness (QED) is 0.754. The van der Waals surface area contributed by atoms with Crippen molar-refractivity contribution < 1.29 is 14.7 Å². The normalized spacial score (nSPS) is 34.3. The second-order valence-electron chi connectivity index (χ2n) is 6.82. The van der Waals surface area contributed by atoms with Gasteiger partial charge in [-0.2, -0.15) is 0 Å². The summed E-state index contributed by atoms with van der Waals surface area (Å²) >= 11 is 0. The number of aliphatic carboxylic acids is 1. The number of carbonyl (C=O) groups excluding carboxylic acids is 2. The zero-order chi connectivity index (χ0) is 14.3. The SMILES string of the molecule is CC1(C)[C@H](C(=O)N2CCCCC2)CC[C@@]1(C)C(=O)[O-]. The zero-order valence-corrected chi connectivity index (χ0v) is 12.2. The molecule has 0 radical (unpaired) electrons. The molecule has 1 aliphatic carbocycles. The van der Waals surface area contributed by atoms with E-state index in [1.807, 2.05) is 18.7 Å². The van der Waals surface area contributed by atoms with Crippen LogP contribution in [0.2, 0.25) is 0 Å². The molecular weight excluding hydrogens is 242 g/mol. The smallest absolute Gasteiger partial charge is 0.226 e. The molecule has 1 heterocycles. The molecule has 0 N–H and O–H groups in total. The van der Waals surface area contributed by atoms with Gasteiger partial charge in [-0.05, 0) is 37.5 Å². The Balaban J connectivity index is 2.17. The molecule has 1 aliphatic heterocycles. The average molecular weight is 266 g/mol. The predicted octanol–water partition coefficient (Wildman–Crippen LogP) is 1.19. The first kappa shape index (κ1) is 14.4. The molecule has 0 aromatic rings. The first-order valence-corrected chi connectivity index (χ1v) is 7.31. The lowest BCUT2D eigenvalue weighted by Gasteiger charge is -2.43. The minimum atomic E-state index is -1.02. The fraction of sp³-hybridized carbons (Fsp3) is 0.867. The Hall–Kier alpha value is -1.06. The highest BCUT2D eigenvalue weighted by Crippen LogP contribution is 2.56. The Morgan fingerprint density at radius 1 is 1.11 bits per heavy atom. The van der Waals surface area contributed by atoms with Gasteiger partial charge in [0.25, 0.3) is 0 Å². The van der Waals surface area contributed by atoms with Crippen molar-refractivity contribution in [1.29, 1.82) is 0 Å². The first-order valence-electron chi connectivity index (χ1n) is 7.31. The van der Waals surface area contributed by atoms with E-state index in [1.165, 1.54) is 6.42 Å². The Morgan fingerprint density at radius 3 is 2.16 bits per heavy atom.